The molecule has 0 bridgehead atoms. The zero-order valence-corrected chi connectivity index (χ0v) is 16.8. The number of aliphatic carboxylic acids is 1. The van der Waals surface area contributed by atoms with Crippen molar-refractivity contribution in [2.75, 3.05) is 0 Å². The quantitative estimate of drug-likeness (QED) is 0.671. The number of carbonyl (C=O) groups is 3. The van der Waals surface area contributed by atoms with Crippen molar-refractivity contribution in [1.29, 1.82) is 0 Å². The van der Waals surface area contributed by atoms with E-state index in [2.05, 4.69) is 10.6 Å². The van der Waals surface area contributed by atoms with Gasteiger partial charge in [0, 0.05) is 5.56 Å². The molecule has 0 radical (unpaired) electrons. The Hall–Kier alpha value is -3.41. The maximum absolute atomic E-state index is 12.8. The highest BCUT2D eigenvalue weighted by atomic mass is 16.4. The summed E-state index contributed by atoms with van der Waals surface area (Å²) in [5, 5.41) is 16.5. The maximum atomic E-state index is 12.8. The third kappa shape index (κ3) is 6.31. The van der Waals surface area contributed by atoms with Crippen LogP contribution in [0.15, 0.2) is 60.3 Å². The molecule has 0 unspecified atom stereocenters. The average Bonchev–Trinajstić information content (AvgIpc) is 2.71. The van der Waals surface area contributed by atoms with Crippen molar-refractivity contribution in [3.05, 3.63) is 77.0 Å². The van der Waals surface area contributed by atoms with Gasteiger partial charge >= 0.3 is 0 Å². The fourth-order valence-corrected chi connectivity index (χ4v) is 2.66. The minimum Gasteiger partial charge on any atom is -0.548 e. The van der Waals surface area contributed by atoms with Gasteiger partial charge in [0.1, 0.15) is 5.70 Å². The van der Waals surface area contributed by atoms with Crippen molar-refractivity contribution < 1.29 is 19.5 Å². The molecule has 152 valence electrons. The lowest BCUT2D eigenvalue weighted by atomic mass is 9.99. The van der Waals surface area contributed by atoms with Gasteiger partial charge in [0.25, 0.3) is 11.8 Å². The first-order valence-electron chi connectivity index (χ1n) is 9.48. The summed E-state index contributed by atoms with van der Waals surface area (Å²) in [6, 6.07) is 14.7. The van der Waals surface area contributed by atoms with Crippen LogP contribution in [0.4, 0.5) is 0 Å². The van der Waals surface area contributed by atoms with Crippen molar-refractivity contribution in [2.24, 2.45) is 5.92 Å². The predicted octanol–water partition coefficient (Wildman–Crippen LogP) is 2.05. The van der Waals surface area contributed by atoms with Crippen LogP contribution < -0.4 is 15.7 Å². The Balaban J connectivity index is 2.30. The highest BCUT2D eigenvalue weighted by molar-refractivity contribution is 6.06. The van der Waals surface area contributed by atoms with Crippen LogP contribution in [0.25, 0.3) is 6.08 Å². The summed E-state index contributed by atoms with van der Waals surface area (Å²) in [6.45, 7) is 5.45. The Morgan fingerprint density at radius 2 is 1.66 bits per heavy atom. The van der Waals surface area contributed by atoms with E-state index in [0.717, 1.165) is 5.56 Å². The maximum Gasteiger partial charge on any atom is 0.268 e. The first-order chi connectivity index (χ1) is 13.8. The van der Waals surface area contributed by atoms with E-state index < -0.39 is 23.8 Å². The molecular formula is C23H25N2O4-. The molecular weight excluding hydrogens is 368 g/mol. The average molecular weight is 393 g/mol. The molecule has 0 aliphatic carbocycles. The van der Waals surface area contributed by atoms with Crippen molar-refractivity contribution >= 4 is 23.9 Å². The number of nitrogens with one attached hydrogen (secondary N) is 2. The zero-order chi connectivity index (χ0) is 21.4. The van der Waals surface area contributed by atoms with Gasteiger partial charge in [-0.25, -0.2) is 0 Å². The molecule has 0 aliphatic rings. The molecule has 2 rings (SSSR count). The molecule has 2 amide bonds. The van der Waals surface area contributed by atoms with Gasteiger partial charge in [-0.15, -0.1) is 0 Å². The van der Waals surface area contributed by atoms with E-state index in [-0.39, 0.29) is 11.6 Å². The Morgan fingerprint density at radius 1 is 1.03 bits per heavy atom. The van der Waals surface area contributed by atoms with Gasteiger partial charge in [-0.05, 0) is 36.6 Å². The summed E-state index contributed by atoms with van der Waals surface area (Å²) in [7, 11) is 0. The molecule has 0 spiro atoms. The second-order valence-corrected chi connectivity index (χ2v) is 6.94. The molecule has 0 aliphatic heterocycles. The summed E-state index contributed by atoms with van der Waals surface area (Å²) < 4.78 is 0. The van der Waals surface area contributed by atoms with E-state index in [1.54, 1.807) is 55.5 Å². The Labute approximate surface area is 170 Å². The summed E-state index contributed by atoms with van der Waals surface area (Å²) in [4.78, 5) is 36.9. The Bertz CT molecular complexity index is 889. The minimum absolute atomic E-state index is 0.0451. The number of aryl methyl sites for hydroxylation is 1. The van der Waals surface area contributed by atoms with E-state index in [4.69, 9.17) is 0 Å². The molecule has 0 saturated carbocycles. The van der Waals surface area contributed by atoms with E-state index >= 15 is 0 Å². The molecule has 0 heterocycles. The standard InChI is InChI=1S/C23H26N2O4/c1-4-16(3)20(23(28)29)25-22(27)19(14-17-8-6-5-7-9-17)24-21(26)18-12-10-15(2)11-13-18/h5-14,16,20H,4H2,1-3H3,(H,24,26)(H,25,27)(H,28,29)/p-1/b19-14+/t16-,20+/m1/s1. The zero-order valence-electron chi connectivity index (χ0n) is 16.8. The fraction of sp³-hybridized carbons (Fsp3) is 0.261. The van der Waals surface area contributed by atoms with E-state index in [9.17, 15) is 19.5 Å². The molecule has 2 N–H and O–H groups in total. The second-order valence-electron chi connectivity index (χ2n) is 6.94. The van der Waals surface area contributed by atoms with Crippen LogP contribution in [-0.2, 0) is 9.59 Å². The molecule has 2 aromatic carbocycles. The van der Waals surface area contributed by atoms with Crippen LogP contribution in [0.5, 0.6) is 0 Å². The number of amides is 2. The van der Waals surface area contributed by atoms with E-state index in [0.29, 0.717) is 17.5 Å². The molecule has 29 heavy (non-hydrogen) atoms. The van der Waals surface area contributed by atoms with Crippen LogP contribution in [0.2, 0.25) is 0 Å². The number of benzene rings is 2. The highest BCUT2D eigenvalue weighted by Gasteiger charge is 2.22. The molecule has 0 saturated heterocycles. The molecule has 2 aromatic rings. The van der Waals surface area contributed by atoms with Crippen LogP contribution in [0.1, 0.15) is 41.8 Å². The summed E-state index contributed by atoms with van der Waals surface area (Å²) >= 11 is 0. The lowest BCUT2D eigenvalue weighted by Crippen LogP contribution is -2.52. The third-order valence-corrected chi connectivity index (χ3v) is 4.67. The monoisotopic (exact) mass is 393 g/mol. The van der Waals surface area contributed by atoms with Crippen molar-refractivity contribution in [3.63, 3.8) is 0 Å². The largest absolute Gasteiger partial charge is 0.548 e. The summed E-state index contributed by atoms with van der Waals surface area (Å²) in [5.74, 6) is -2.84. The summed E-state index contributed by atoms with van der Waals surface area (Å²) in [6.07, 6.45) is 2.05. The van der Waals surface area contributed by atoms with Gasteiger partial charge in [0.05, 0.1) is 12.0 Å². The van der Waals surface area contributed by atoms with Gasteiger partial charge in [-0.2, -0.15) is 0 Å². The molecule has 0 aromatic heterocycles. The number of carboxylic acid groups (broad SMARTS) is 1. The Kier molecular flexibility index (Phi) is 7.71. The third-order valence-electron chi connectivity index (χ3n) is 4.67. The molecule has 6 heteroatoms. The number of hydrogen-bond acceptors (Lipinski definition) is 4. The smallest absolute Gasteiger partial charge is 0.268 e. The van der Waals surface area contributed by atoms with Gasteiger partial charge < -0.3 is 20.5 Å². The first kappa shape index (κ1) is 21.9. The number of rotatable bonds is 8. The minimum atomic E-state index is -1.36. The topological polar surface area (TPSA) is 98.3 Å². The van der Waals surface area contributed by atoms with Crippen molar-refractivity contribution in [2.45, 2.75) is 33.2 Å². The molecule has 0 fully saturated rings. The van der Waals surface area contributed by atoms with Gasteiger partial charge in [0.15, 0.2) is 0 Å². The first-order valence-corrected chi connectivity index (χ1v) is 9.48. The lowest BCUT2D eigenvalue weighted by molar-refractivity contribution is -0.309. The number of hydrogen-bond donors (Lipinski definition) is 2. The number of carbonyl (C=O) groups excluding carboxylic acids is 3. The van der Waals surface area contributed by atoms with Crippen molar-refractivity contribution in [1.82, 2.24) is 10.6 Å². The van der Waals surface area contributed by atoms with Gasteiger partial charge in [-0.1, -0.05) is 68.3 Å². The molecule has 2 atom stereocenters. The Morgan fingerprint density at radius 3 is 2.21 bits per heavy atom. The number of carboxylic acids is 1. The van der Waals surface area contributed by atoms with E-state index in [1.807, 2.05) is 19.9 Å². The summed E-state index contributed by atoms with van der Waals surface area (Å²) in [5.41, 5.74) is 2.04. The SMILES string of the molecule is CC[C@@H](C)[C@H](NC(=O)/C(=C\c1ccccc1)NC(=O)c1ccc(C)cc1)C(=O)[O-]. The van der Waals surface area contributed by atoms with Crippen LogP contribution in [0, 0.1) is 12.8 Å². The van der Waals surface area contributed by atoms with Crippen LogP contribution in [-0.4, -0.2) is 23.8 Å². The van der Waals surface area contributed by atoms with Crippen LogP contribution >= 0.6 is 0 Å². The highest BCUT2D eigenvalue weighted by Crippen LogP contribution is 2.11. The van der Waals surface area contributed by atoms with E-state index in [1.165, 1.54) is 6.08 Å². The van der Waals surface area contributed by atoms with Crippen LogP contribution in [0.3, 0.4) is 0 Å². The second kappa shape index (κ2) is 10.2. The molecule has 6 nitrogen and oxygen atoms in total. The normalized spacial score (nSPS) is 13.3. The fourth-order valence-electron chi connectivity index (χ4n) is 2.66. The van der Waals surface area contributed by atoms with Crippen molar-refractivity contribution in [3.8, 4) is 0 Å². The van der Waals surface area contributed by atoms with Gasteiger partial charge in [-0.3, -0.25) is 9.59 Å². The lowest BCUT2D eigenvalue weighted by Gasteiger charge is -2.25. The van der Waals surface area contributed by atoms with Gasteiger partial charge in [0.2, 0.25) is 0 Å². The predicted molar refractivity (Wildman–Crippen MR) is 109 cm³/mol.